The van der Waals surface area contributed by atoms with Crippen molar-refractivity contribution in [3.8, 4) is 28.8 Å². The number of ether oxygens (including phenoxy) is 2. The van der Waals surface area contributed by atoms with Gasteiger partial charge in [-0.15, -0.1) is 11.3 Å². The topological polar surface area (TPSA) is 72.2 Å². The third-order valence-corrected chi connectivity index (χ3v) is 6.10. The third kappa shape index (κ3) is 5.70. The van der Waals surface area contributed by atoms with Gasteiger partial charge in [0.25, 0.3) is 0 Å². The van der Waals surface area contributed by atoms with Crippen LogP contribution < -0.4 is 9.47 Å². The van der Waals surface area contributed by atoms with E-state index in [9.17, 15) is 10.1 Å². The zero-order chi connectivity index (χ0) is 23.9. The van der Waals surface area contributed by atoms with Crippen molar-refractivity contribution >= 4 is 40.4 Å². The first kappa shape index (κ1) is 23.2. The maximum absolute atomic E-state index is 12.3. The smallest absolute Gasteiger partial charge is 0.200 e. The second-order valence-corrected chi connectivity index (χ2v) is 8.52. The van der Waals surface area contributed by atoms with Crippen LogP contribution in [0.15, 0.2) is 78.2 Å². The third-order valence-electron chi connectivity index (χ3n) is 4.97. The van der Waals surface area contributed by atoms with Gasteiger partial charge in [-0.2, -0.15) is 5.26 Å². The van der Waals surface area contributed by atoms with E-state index < -0.39 is 0 Å². The molecule has 5 nitrogen and oxygen atoms in total. The fourth-order valence-electron chi connectivity index (χ4n) is 3.13. The number of carbonyl (C=O) groups is 1. The van der Waals surface area contributed by atoms with E-state index in [2.05, 4.69) is 11.1 Å². The second kappa shape index (κ2) is 10.8. The van der Waals surface area contributed by atoms with Gasteiger partial charge >= 0.3 is 0 Å². The lowest BCUT2D eigenvalue weighted by Gasteiger charge is -2.07. The molecule has 4 rings (SSSR count). The molecule has 0 saturated carbocycles. The van der Waals surface area contributed by atoms with E-state index in [0.717, 1.165) is 16.8 Å². The number of halogens is 1. The Labute approximate surface area is 206 Å². The van der Waals surface area contributed by atoms with E-state index in [-0.39, 0.29) is 12.4 Å². The number of aromatic nitrogens is 1. The summed E-state index contributed by atoms with van der Waals surface area (Å²) in [7, 11) is 1.58. The average Bonchev–Trinajstić information content (AvgIpc) is 3.37. The van der Waals surface area contributed by atoms with E-state index in [4.69, 9.17) is 21.1 Å². The van der Waals surface area contributed by atoms with Gasteiger partial charge in [0.1, 0.15) is 22.6 Å². The molecule has 0 spiro atoms. The average molecular weight is 487 g/mol. The Morgan fingerprint density at radius 3 is 2.35 bits per heavy atom. The molecule has 0 unspecified atom stereocenters. The molecule has 0 N–H and O–H groups in total. The number of ketones is 1. The van der Waals surface area contributed by atoms with Gasteiger partial charge in [0.2, 0.25) is 0 Å². The SMILES string of the molecule is COc1ccc(C(=O)COc2ccc(/C=C(/C#N)c3nc(-c4ccc(Cl)cc4)cs3)cc2)cc1. The Morgan fingerprint density at radius 1 is 1.03 bits per heavy atom. The number of hydrogen-bond acceptors (Lipinski definition) is 6. The fourth-order valence-corrected chi connectivity index (χ4v) is 4.05. The molecule has 0 radical (unpaired) electrons. The number of carbonyl (C=O) groups excluding carboxylic acids is 1. The predicted molar refractivity (Wildman–Crippen MR) is 135 cm³/mol. The molecule has 1 heterocycles. The Morgan fingerprint density at radius 2 is 1.71 bits per heavy atom. The summed E-state index contributed by atoms with van der Waals surface area (Å²) >= 11 is 7.36. The number of Topliss-reactive ketones (excluding diaryl/α,β-unsaturated/α-hetero) is 1. The van der Waals surface area contributed by atoms with Gasteiger partial charge in [0.15, 0.2) is 12.4 Å². The first-order valence-corrected chi connectivity index (χ1v) is 11.6. The number of allylic oxidation sites excluding steroid dienone is 1. The zero-order valence-electron chi connectivity index (χ0n) is 18.2. The molecule has 1 aromatic heterocycles. The van der Waals surface area contributed by atoms with E-state index in [1.165, 1.54) is 11.3 Å². The highest BCUT2D eigenvalue weighted by Gasteiger charge is 2.10. The van der Waals surface area contributed by atoms with Gasteiger partial charge in [-0.1, -0.05) is 35.9 Å². The lowest BCUT2D eigenvalue weighted by Crippen LogP contribution is -2.11. The van der Waals surface area contributed by atoms with Gasteiger partial charge in [0, 0.05) is 21.5 Å². The van der Waals surface area contributed by atoms with Crippen LogP contribution >= 0.6 is 22.9 Å². The summed E-state index contributed by atoms with van der Waals surface area (Å²) < 4.78 is 10.7. The highest BCUT2D eigenvalue weighted by molar-refractivity contribution is 7.11. The van der Waals surface area contributed by atoms with Crippen LogP contribution in [0, 0.1) is 11.3 Å². The molecule has 0 aliphatic carbocycles. The minimum atomic E-state index is -0.126. The summed E-state index contributed by atoms with van der Waals surface area (Å²) in [6.45, 7) is -0.0719. The molecule has 0 aliphatic heterocycles. The molecule has 0 aliphatic rings. The van der Waals surface area contributed by atoms with Crippen LogP contribution in [0.25, 0.3) is 22.9 Å². The Bertz CT molecular complexity index is 1350. The summed E-state index contributed by atoms with van der Waals surface area (Å²) in [5.74, 6) is 1.13. The van der Waals surface area contributed by atoms with E-state index in [1.54, 1.807) is 49.6 Å². The summed E-state index contributed by atoms with van der Waals surface area (Å²) in [6, 6.07) is 23.7. The first-order valence-electron chi connectivity index (χ1n) is 10.3. The van der Waals surface area contributed by atoms with Crippen LogP contribution in [0.4, 0.5) is 0 Å². The quantitative estimate of drug-likeness (QED) is 0.202. The normalized spacial score (nSPS) is 11.0. The Hall–Kier alpha value is -3.92. The molecule has 0 saturated heterocycles. The number of methoxy groups -OCH3 is 1. The van der Waals surface area contributed by atoms with Crippen molar-refractivity contribution in [3.63, 3.8) is 0 Å². The van der Waals surface area contributed by atoms with Crippen LogP contribution in [0.2, 0.25) is 5.02 Å². The Kier molecular flexibility index (Phi) is 7.38. The molecular weight excluding hydrogens is 468 g/mol. The van der Waals surface area contributed by atoms with Crippen LogP contribution in [0.5, 0.6) is 11.5 Å². The second-order valence-electron chi connectivity index (χ2n) is 7.22. The molecular formula is C27H19ClN2O3S. The number of hydrogen-bond donors (Lipinski definition) is 0. The minimum absolute atomic E-state index is 0.0719. The summed E-state index contributed by atoms with van der Waals surface area (Å²) in [5, 5.41) is 12.9. The van der Waals surface area contributed by atoms with Gasteiger partial charge < -0.3 is 9.47 Å². The Balaban J connectivity index is 1.41. The van der Waals surface area contributed by atoms with Crippen LogP contribution in [0.1, 0.15) is 20.9 Å². The lowest BCUT2D eigenvalue weighted by atomic mass is 10.1. The van der Waals surface area contributed by atoms with Gasteiger partial charge in [0.05, 0.1) is 18.4 Å². The maximum atomic E-state index is 12.3. The number of rotatable bonds is 8. The molecule has 0 atom stereocenters. The fraction of sp³-hybridized carbons (Fsp3) is 0.0741. The predicted octanol–water partition coefficient (Wildman–Crippen LogP) is 6.80. The zero-order valence-corrected chi connectivity index (χ0v) is 19.8. The standard InChI is InChI=1S/C27H19ClN2O3S/c1-32-23-12-6-20(7-13-23)26(31)16-33-24-10-2-18(3-11-24)14-21(15-29)27-30-25(17-34-27)19-4-8-22(28)9-5-19/h2-14,17H,16H2,1H3/b21-14-. The lowest BCUT2D eigenvalue weighted by molar-refractivity contribution is 0.0921. The van der Waals surface area contributed by atoms with Crippen molar-refractivity contribution in [1.29, 1.82) is 5.26 Å². The molecule has 0 fully saturated rings. The molecule has 34 heavy (non-hydrogen) atoms. The molecule has 4 aromatic rings. The molecule has 0 amide bonds. The first-order chi connectivity index (χ1) is 16.6. The largest absolute Gasteiger partial charge is 0.497 e. The van der Waals surface area contributed by atoms with Gasteiger partial charge in [-0.05, 0) is 60.2 Å². The van der Waals surface area contributed by atoms with Gasteiger partial charge in [-0.25, -0.2) is 4.98 Å². The van der Waals surface area contributed by atoms with Crippen molar-refractivity contribution in [2.75, 3.05) is 13.7 Å². The minimum Gasteiger partial charge on any atom is -0.497 e. The molecule has 3 aromatic carbocycles. The highest BCUT2D eigenvalue weighted by Crippen LogP contribution is 2.28. The van der Waals surface area contributed by atoms with Crippen LogP contribution in [0.3, 0.4) is 0 Å². The summed E-state index contributed by atoms with van der Waals surface area (Å²) in [4.78, 5) is 16.9. The molecule has 168 valence electrons. The van der Waals surface area contributed by atoms with Crippen molar-refractivity contribution in [2.45, 2.75) is 0 Å². The van der Waals surface area contributed by atoms with Crippen LogP contribution in [-0.2, 0) is 0 Å². The molecule has 0 bridgehead atoms. The van der Waals surface area contributed by atoms with E-state index >= 15 is 0 Å². The summed E-state index contributed by atoms with van der Waals surface area (Å²) in [5.41, 5.74) is 3.58. The van der Waals surface area contributed by atoms with Crippen molar-refractivity contribution in [2.24, 2.45) is 0 Å². The highest BCUT2D eigenvalue weighted by atomic mass is 35.5. The van der Waals surface area contributed by atoms with Crippen molar-refractivity contribution in [3.05, 3.63) is 99.3 Å². The number of benzene rings is 3. The van der Waals surface area contributed by atoms with E-state index in [0.29, 0.717) is 32.7 Å². The van der Waals surface area contributed by atoms with Gasteiger partial charge in [-0.3, -0.25) is 4.79 Å². The molecule has 7 heteroatoms. The number of nitrogens with zero attached hydrogens (tertiary/aromatic N) is 2. The van der Waals surface area contributed by atoms with Crippen molar-refractivity contribution < 1.29 is 14.3 Å². The monoisotopic (exact) mass is 486 g/mol. The summed E-state index contributed by atoms with van der Waals surface area (Å²) in [6.07, 6.45) is 1.77. The number of nitriles is 1. The van der Waals surface area contributed by atoms with Crippen molar-refractivity contribution in [1.82, 2.24) is 4.98 Å². The van der Waals surface area contributed by atoms with E-state index in [1.807, 2.05) is 41.8 Å². The maximum Gasteiger partial charge on any atom is 0.200 e. The van der Waals surface area contributed by atoms with Crippen LogP contribution in [-0.4, -0.2) is 24.5 Å². The number of thiazole rings is 1.